The summed E-state index contributed by atoms with van der Waals surface area (Å²) in [6, 6.07) is 4.27. The molecule has 5 rings (SSSR count). The van der Waals surface area contributed by atoms with Gasteiger partial charge in [-0.2, -0.15) is 4.98 Å². The lowest BCUT2D eigenvalue weighted by Gasteiger charge is -2.37. The van der Waals surface area contributed by atoms with Gasteiger partial charge in [-0.15, -0.1) is 0 Å². The van der Waals surface area contributed by atoms with Crippen LogP contribution in [0.5, 0.6) is 6.01 Å². The number of fused-ring (bicyclic) bond motifs is 2. The molecule has 1 spiro atoms. The van der Waals surface area contributed by atoms with Crippen molar-refractivity contribution in [3.8, 4) is 6.01 Å². The standard InChI is InChI=1S/C20H23N5O3/c1-12-6-17(24-18(22-12)28-19(3)10-27-11-19)25-9-20(4-5-20)14-8-21-16(7-15(14)25)23-13(2)26/h6-8H,4-5,9-11H2,1-3H3,(H,21,23,26). The molecule has 0 aromatic carbocycles. The van der Waals surface area contributed by atoms with E-state index >= 15 is 0 Å². The third kappa shape index (κ3) is 2.88. The number of carbonyl (C=O) groups excluding carboxylic acids is 1. The van der Waals surface area contributed by atoms with Crippen LogP contribution in [0.2, 0.25) is 0 Å². The number of rotatable bonds is 4. The summed E-state index contributed by atoms with van der Waals surface area (Å²) in [7, 11) is 0. The van der Waals surface area contributed by atoms with Crippen molar-refractivity contribution in [1.29, 1.82) is 0 Å². The fraction of sp³-hybridized carbons (Fsp3) is 0.500. The molecule has 8 heteroatoms. The molecule has 0 unspecified atom stereocenters. The Morgan fingerprint density at radius 3 is 2.71 bits per heavy atom. The van der Waals surface area contributed by atoms with Gasteiger partial charge in [0.1, 0.15) is 11.6 Å². The number of anilines is 3. The minimum atomic E-state index is -0.367. The molecule has 2 aliphatic heterocycles. The third-order valence-corrected chi connectivity index (χ3v) is 5.61. The SMILES string of the molecule is CC(=O)Nc1cc2c(cn1)C1(CC1)CN2c1cc(C)nc(OC2(C)COC2)n1. The maximum absolute atomic E-state index is 11.4. The van der Waals surface area contributed by atoms with E-state index in [1.807, 2.05) is 32.2 Å². The Morgan fingerprint density at radius 2 is 2.07 bits per heavy atom. The average Bonchev–Trinajstić information content (AvgIpc) is 3.30. The van der Waals surface area contributed by atoms with E-state index in [1.54, 1.807) is 0 Å². The number of nitrogens with one attached hydrogen (secondary N) is 1. The Balaban J connectivity index is 1.52. The maximum Gasteiger partial charge on any atom is 0.319 e. The summed E-state index contributed by atoms with van der Waals surface area (Å²) >= 11 is 0. The van der Waals surface area contributed by atoms with Crippen LogP contribution in [0, 0.1) is 6.92 Å². The number of ether oxygens (including phenoxy) is 2. The van der Waals surface area contributed by atoms with E-state index in [-0.39, 0.29) is 16.9 Å². The van der Waals surface area contributed by atoms with Crippen molar-refractivity contribution in [2.45, 2.75) is 44.6 Å². The van der Waals surface area contributed by atoms with Gasteiger partial charge in [0.15, 0.2) is 5.60 Å². The molecule has 1 saturated heterocycles. The Bertz CT molecular complexity index is 968. The lowest BCUT2D eigenvalue weighted by Crippen LogP contribution is -2.52. The predicted molar refractivity (Wildman–Crippen MR) is 103 cm³/mol. The van der Waals surface area contributed by atoms with Gasteiger partial charge in [-0.25, -0.2) is 9.97 Å². The van der Waals surface area contributed by atoms with E-state index < -0.39 is 0 Å². The second-order valence-electron chi connectivity index (χ2n) is 8.33. The van der Waals surface area contributed by atoms with E-state index in [4.69, 9.17) is 14.5 Å². The van der Waals surface area contributed by atoms with Crippen molar-refractivity contribution in [3.63, 3.8) is 0 Å². The van der Waals surface area contributed by atoms with Crippen LogP contribution in [0.4, 0.5) is 17.3 Å². The number of hydrogen-bond donors (Lipinski definition) is 1. The van der Waals surface area contributed by atoms with Gasteiger partial charge in [0.05, 0.1) is 18.9 Å². The quantitative estimate of drug-likeness (QED) is 0.870. The molecule has 3 aliphatic rings. The number of amides is 1. The summed E-state index contributed by atoms with van der Waals surface area (Å²) in [5, 5.41) is 2.78. The molecule has 1 N–H and O–H groups in total. The summed E-state index contributed by atoms with van der Waals surface area (Å²) in [5.74, 6) is 1.22. The highest BCUT2D eigenvalue weighted by atomic mass is 16.6. The molecule has 8 nitrogen and oxygen atoms in total. The highest BCUT2D eigenvalue weighted by molar-refractivity contribution is 5.89. The Labute approximate surface area is 163 Å². The zero-order valence-corrected chi connectivity index (χ0v) is 16.3. The van der Waals surface area contributed by atoms with Crippen LogP contribution in [0.25, 0.3) is 0 Å². The molecule has 2 aromatic rings. The Hall–Kier alpha value is -2.74. The topological polar surface area (TPSA) is 89.5 Å². The normalized spacial score (nSPS) is 20.5. The summed E-state index contributed by atoms with van der Waals surface area (Å²) in [4.78, 5) is 27.2. The number of hydrogen-bond acceptors (Lipinski definition) is 7. The first-order valence-electron chi connectivity index (χ1n) is 9.54. The smallest absolute Gasteiger partial charge is 0.319 e. The zero-order chi connectivity index (χ0) is 19.5. The van der Waals surface area contributed by atoms with Gasteiger partial charge in [0, 0.05) is 48.5 Å². The van der Waals surface area contributed by atoms with Crippen LogP contribution in [-0.2, 0) is 14.9 Å². The number of aryl methyl sites for hydroxylation is 1. The average molecular weight is 381 g/mol. The number of carbonyl (C=O) groups is 1. The van der Waals surface area contributed by atoms with Crippen molar-refractivity contribution in [3.05, 3.63) is 29.6 Å². The predicted octanol–water partition coefficient (Wildman–Crippen LogP) is 2.49. The van der Waals surface area contributed by atoms with Gasteiger partial charge < -0.3 is 19.7 Å². The van der Waals surface area contributed by atoms with Gasteiger partial charge in [0.25, 0.3) is 0 Å². The van der Waals surface area contributed by atoms with Crippen molar-refractivity contribution >= 4 is 23.2 Å². The van der Waals surface area contributed by atoms with Crippen molar-refractivity contribution in [2.75, 3.05) is 30.0 Å². The lowest BCUT2D eigenvalue weighted by atomic mass is 10.0. The first-order valence-corrected chi connectivity index (χ1v) is 9.54. The molecule has 1 saturated carbocycles. The minimum absolute atomic E-state index is 0.136. The van der Waals surface area contributed by atoms with Gasteiger partial charge in [-0.1, -0.05) is 0 Å². The minimum Gasteiger partial charge on any atom is -0.452 e. The van der Waals surface area contributed by atoms with Crippen LogP contribution >= 0.6 is 0 Å². The lowest BCUT2D eigenvalue weighted by molar-refractivity contribution is -0.153. The molecule has 1 aliphatic carbocycles. The Morgan fingerprint density at radius 1 is 1.29 bits per heavy atom. The fourth-order valence-corrected chi connectivity index (χ4v) is 3.96. The molecule has 0 radical (unpaired) electrons. The van der Waals surface area contributed by atoms with Crippen molar-refractivity contribution in [2.24, 2.45) is 0 Å². The highest BCUT2D eigenvalue weighted by Crippen LogP contribution is 2.58. The van der Waals surface area contributed by atoms with Crippen LogP contribution in [0.15, 0.2) is 18.3 Å². The van der Waals surface area contributed by atoms with Crippen LogP contribution in [-0.4, -0.2) is 46.2 Å². The number of aromatic nitrogens is 3. The second kappa shape index (κ2) is 5.88. The summed E-state index contributed by atoms with van der Waals surface area (Å²) in [5.41, 5.74) is 2.88. The van der Waals surface area contributed by atoms with E-state index in [1.165, 1.54) is 12.5 Å². The summed E-state index contributed by atoms with van der Waals surface area (Å²) in [6.07, 6.45) is 4.17. The van der Waals surface area contributed by atoms with Gasteiger partial charge in [-0.3, -0.25) is 4.79 Å². The summed E-state index contributed by atoms with van der Waals surface area (Å²) in [6.45, 7) is 7.36. The van der Waals surface area contributed by atoms with Crippen molar-refractivity contribution < 1.29 is 14.3 Å². The van der Waals surface area contributed by atoms with Gasteiger partial charge in [-0.05, 0) is 26.7 Å². The molecular weight excluding hydrogens is 358 g/mol. The molecular formula is C20H23N5O3. The molecule has 28 heavy (non-hydrogen) atoms. The fourth-order valence-electron chi connectivity index (χ4n) is 3.96. The third-order valence-electron chi connectivity index (χ3n) is 5.61. The zero-order valence-electron chi connectivity index (χ0n) is 16.3. The van der Waals surface area contributed by atoms with Crippen LogP contribution in [0.3, 0.4) is 0 Å². The number of pyridine rings is 1. The second-order valence-corrected chi connectivity index (χ2v) is 8.33. The van der Waals surface area contributed by atoms with E-state index in [2.05, 4.69) is 20.2 Å². The monoisotopic (exact) mass is 381 g/mol. The molecule has 2 aromatic heterocycles. The van der Waals surface area contributed by atoms with Gasteiger partial charge in [0.2, 0.25) is 5.91 Å². The number of nitrogens with zero attached hydrogens (tertiary/aromatic N) is 4. The molecule has 0 atom stereocenters. The Kier molecular flexibility index (Phi) is 3.64. The maximum atomic E-state index is 11.4. The van der Waals surface area contributed by atoms with E-state index in [0.717, 1.165) is 36.6 Å². The van der Waals surface area contributed by atoms with Gasteiger partial charge >= 0.3 is 6.01 Å². The van der Waals surface area contributed by atoms with Crippen molar-refractivity contribution in [1.82, 2.24) is 15.0 Å². The molecule has 2 fully saturated rings. The molecule has 0 bridgehead atoms. The first-order chi connectivity index (χ1) is 13.4. The molecule has 1 amide bonds. The van der Waals surface area contributed by atoms with Crippen LogP contribution in [0.1, 0.15) is 37.9 Å². The van der Waals surface area contributed by atoms with E-state index in [9.17, 15) is 4.79 Å². The summed E-state index contributed by atoms with van der Waals surface area (Å²) < 4.78 is 11.3. The largest absolute Gasteiger partial charge is 0.452 e. The first kappa shape index (κ1) is 17.4. The van der Waals surface area contributed by atoms with Crippen LogP contribution < -0.4 is 15.0 Å². The van der Waals surface area contributed by atoms with E-state index in [0.29, 0.717) is 25.0 Å². The molecule has 4 heterocycles. The highest BCUT2D eigenvalue weighted by Gasteiger charge is 2.52. The molecule has 146 valence electrons.